The Morgan fingerprint density at radius 1 is 1.07 bits per heavy atom. The Morgan fingerprint density at radius 2 is 1.85 bits per heavy atom. The fourth-order valence-electron chi connectivity index (χ4n) is 3.61. The normalized spacial score (nSPS) is 15.4. The maximum atomic E-state index is 5.50. The predicted octanol–water partition coefficient (Wildman–Crippen LogP) is 5.68. The molecular formula is C24H38N2O. The van der Waals surface area contributed by atoms with E-state index in [-0.39, 0.29) is 0 Å². The van der Waals surface area contributed by atoms with Crippen LogP contribution in [0.25, 0.3) is 0 Å². The Labute approximate surface area is 166 Å². The van der Waals surface area contributed by atoms with Crippen molar-refractivity contribution in [2.45, 2.75) is 51.9 Å². The quantitative estimate of drug-likeness (QED) is 0.348. The Hall–Kier alpha value is -1.74. The van der Waals surface area contributed by atoms with Gasteiger partial charge in [0.25, 0.3) is 0 Å². The minimum Gasteiger partial charge on any atom is -0.495 e. The molecule has 0 saturated carbocycles. The number of ether oxygens (including phenoxy) is 1. The summed E-state index contributed by atoms with van der Waals surface area (Å²) in [5, 5.41) is 0. The molecule has 2 rings (SSSR count). The van der Waals surface area contributed by atoms with Gasteiger partial charge < -0.3 is 9.64 Å². The molecule has 1 aliphatic rings. The number of hydrogen-bond acceptors (Lipinski definition) is 3. The van der Waals surface area contributed by atoms with Crippen LogP contribution in [-0.4, -0.2) is 44.7 Å². The van der Waals surface area contributed by atoms with Gasteiger partial charge in [-0.1, -0.05) is 56.2 Å². The van der Waals surface area contributed by atoms with Crippen LogP contribution in [-0.2, 0) is 0 Å². The van der Waals surface area contributed by atoms with E-state index in [1.807, 2.05) is 6.07 Å². The minimum atomic E-state index is 0.983. The van der Waals surface area contributed by atoms with Crippen molar-refractivity contribution < 1.29 is 4.74 Å². The van der Waals surface area contributed by atoms with Crippen LogP contribution in [0, 0.1) is 0 Å². The highest BCUT2D eigenvalue weighted by molar-refractivity contribution is 5.58. The molecule has 1 saturated heterocycles. The van der Waals surface area contributed by atoms with Gasteiger partial charge in [0.2, 0.25) is 0 Å². The van der Waals surface area contributed by atoms with Crippen LogP contribution in [0.2, 0.25) is 0 Å². The van der Waals surface area contributed by atoms with Crippen molar-refractivity contribution in [3.8, 4) is 5.75 Å². The first-order valence-electron chi connectivity index (χ1n) is 10.7. The van der Waals surface area contributed by atoms with Gasteiger partial charge in [0.05, 0.1) is 12.8 Å². The second-order valence-corrected chi connectivity index (χ2v) is 7.51. The lowest BCUT2D eigenvalue weighted by atomic mass is 10.1. The van der Waals surface area contributed by atoms with E-state index in [4.69, 9.17) is 4.74 Å². The van der Waals surface area contributed by atoms with Crippen LogP contribution in [0.5, 0.6) is 5.75 Å². The molecule has 0 amide bonds. The summed E-state index contributed by atoms with van der Waals surface area (Å²) in [4.78, 5) is 5.06. The lowest BCUT2D eigenvalue weighted by Gasteiger charge is -2.36. The Bertz CT molecular complexity index is 573. The van der Waals surface area contributed by atoms with Crippen molar-refractivity contribution in [2.75, 3.05) is 44.7 Å². The molecule has 0 N–H and O–H groups in total. The molecule has 1 aliphatic heterocycles. The van der Waals surface area contributed by atoms with Crippen LogP contribution in [0.1, 0.15) is 51.9 Å². The van der Waals surface area contributed by atoms with Gasteiger partial charge in [0, 0.05) is 26.2 Å². The van der Waals surface area contributed by atoms with Crippen molar-refractivity contribution in [2.24, 2.45) is 0 Å². The summed E-state index contributed by atoms with van der Waals surface area (Å²) in [6, 6.07) is 8.35. The van der Waals surface area contributed by atoms with Gasteiger partial charge in [0.15, 0.2) is 0 Å². The standard InChI is InChI=1S/C24H38N2O/c1-4-5-13-22(2)14-9-7-6-8-12-17-25-18-20-26(21-19-25)23-15-10-11-16-24(23)27-3/h9-11,14-16H,2,4-8,12-13,17-21H2,1,3H3. The maximum absolute atomic E-state index is 5.50. The number of allylic oxidation sites excluding steroid dienone is 3. The highest BCUT2D eigenvalue weighted by Crippen LogP contribution is 2.28. The molecule has 0 radical (unpaired) electrons. The fraction of sp³-hybridized carbons (Fsp3) is 0.583. The molecule has 0 spiro atoms. The molecular weight excluding hydrogens is 332 g/mol. The molecule has 3 nitrogen and oxygen atoms in total. The number of benzene rings is 1. The molecule has 0 unspecified atom stereocenters. The average molecular weight is 371 g/mol. The van der Waals surface area contributed by atoms with E-state index in [2.05, 4.69) is 53.7 Å². The van der Waals surface area contributed by atoms with Crippen LogP contribution >= 0.6 is 0 Å². The zero-order valence-electron chi connectivity index (χ0n) is 17.5. The lowest BCUT2D eigenvalue weighted by Crippen LogP contribution is -2.46. The molecule has 150 valence electrons. The van der Waals surface area contributed by atoms with Crippen LogP contribution < -0.4 is 9.64 Å². The number of para-hydroxylation sites is 2. The summed E-state index contributed by atoms with van der Waals surface area (Å²) in [6.07, 6.45) is 13.3. The topological polar surface area (TPSA) is 15.7 Å². The van der Waals surface area contributed by atoms with Gasteiger partial charge in [-0.3, -0.25) is 4.90 Å². The van der Waals surface area contributed by atoms with E-state index in [0.717, 1.165) is 38.3 Å². The van der Waals surface area contributed by atoms with Gasteiger partial charge in [-0.15, -0.1) is 0 Å². The summed E-state index contributed by atoms with van der Waals surface area (Å²) in [6.45, 7) is 12.0. The molecule has 3 heteroatoms. The average Bonchev–Trinajstić information content (AvgIpc) is 2.72. The molecule has 1 aromatic rings. The van der Waals surface area contributed by atoms with Gasteiger partial charge >= 0.3 is 0 Å². The minimum absolute atomic E-state index is 0.983. The van der Waals surface area contributed by atoms with Crippen LogP contribution in [0.4, 0.5) is 5.69 Å². The van der Waals surface area contributed by atoms with E-state index in [0.29, 0.717) is 0 Å². The number of methoxy groups -OCH3 is 1. The summed E-state index contributed by atoms with van der Waals surface area (Å²) in [5.41, 5.74) is 2.51. The number of hydrogen-bond donors (Lipinski definition) is 0. The summed E-state index contributed by atoms with van der Waals surface area (Å²) in [5.74, 6) is 0.983. The molecule has 0 atom stereocenters. The van der Waals surface area contributed by atoms with Crippen molar-refractivity contribution in [3.63, 3.8) is 0 Å². The van der Waals surface area contributed by atoms with Crippen LogP contribution in [0.3, 0.4) is 0 Å². The second kappa shape index (κ2) is 12.6. The molecule has 27 heavy (non-hydrogen) atoms. The molecule has 0 aliphatic carbocycles. The van der Waals surface area contributed by atoms with E-state index >= 15 is 0 Å². The first-order valence-corrected chi connectivity index (χ1v) is 10.7. The number of anilines is 1. The van der Waals surface area contributed by atoms with Crippen molar-refractivity contribution in [1.82, 2.24) is 4.90 Å². The number of unbranched alkanes of at least 4 members (excludes halogenated alkanes) is 4. The highest BCUT2D eigenvalue weighted by atomic mass is 16.5. The van der Waals surface area contributed by atoms with E-state index in [9.17, 15) is 0 Å². The third-order valence-corrected chi connectivity index (χ3v) is 5.35. The third kappa shape index (κ3) is 7.80. The Balaban J connectivity index is 1.56. The third-order valence-electron chi connectivity index (χ3n) is 5.35. The molecule has 1 aromatic carbocycles. The second-order valence-electron chi connectivity index (χ2n) is 7.51. The smallest absolute Gasteiger partial charge is 0.142 e. The largest absolute Gasteiger partial charge is 0.495 e. The highest BCUT2D eigenvalue weighted by Gasteiger charge is 2.18. The molecule has 0 bridgehead atoms. The zero-order valence-corrected chi connectivity index (χ0v) is 17.5. The van der Waals surface area contributed by atoms with Crippen molar-refractivity contribution >= 4 is 5.69 Å². The molecule has 1 heterocycles. The maximum Gasteiger partial charge on any atom is 0.142 e. The first kappa shape index (κ1) is 21.6. The number of nitrogens with zero attached hydrogens (tertiary/aromatic N) is 2. The van der Waals surface area contributed by atoms with E-state index in [1.54, 1.807) is 7.11 Å². The summed E-state index contributed by atoms with van der Waals surface area (Å²) < 4.78 is 5.50. The van der Waals surface area contributed by atoms with Crippen LogP contribution in [0.15, 0.2) is 48.6 Å². The Morgan fingerprint density at radius 3 is 2.59 bits per heavy atom. The summed E-state index contributed by atoms with van der Waals surface area (Å²) >= 11 is 0. The van der Waals surface area contributed by atoms with E-state index < -0.39 is 0 Å². The van der Waals surface area contributed by atoms with Gasteiger partial charge in [-0.05, 0) is 50.8 Å². The van der Waals surface area contributed by atoms with Gasteiger partial charge in [-0.2, -0.15) is 0 Å². The SMILES string of the molecule is C=C(C=CCCCCCN1CCN(c2ccccc2OC)CC1)CCCC. The van der Waals surface area contributed by atoms with Gasteiger partial charge in [-0.25, -0.2) is 0 Å². The van der Waals surface area contributed by atoms with Gasteiger partial charge in [0.1, 0.15) is 5.75 Å². The Kier molecular flexibility index (Phi) is 10.1. The first-order chi connectivity index (χ1) is 13.2. The van der Waals surface area contributed by atoms with Crippen molar-refractivity contribution in [1.29, 1.82) is 0 Å². The number of piperazine rings is 1. The van der Waals surface area contributed by atoms with E-state index in [1.165, 1.54) is 56.3 Å². The van der Waals surface area contributed by atoms with Crippen molar-refractivity contribution in [3.05, 3.63) is 48.6 Å². The summed E-state index contributed by atoms with van der Waals surface area (Å²) in [7, 11) is 1.76. The monoisotopic (exact) mass is 370 g/mol. The number of rotatable bonds is 12. The lowest BCUT2D eigenvalue weighted by molar-refractivity contribution is 0.251. The molecule has 0 aromatic heterocycles. The molecule has 1 fully saturated rings. The predicted molar refractivity (Wildman–Crippen MR) is 118 cm³/mol. The fourth-order valence-corrected chi connectivity index (χ4v) is 3.61. The zero-order chi connectivity index (χ0) is 19.3.